The number of amides is 1. The van der Waals surface area contributed by atoms with Gasteiger partial charge in [-0.2, -0.15) is 26.3 Å². The van der Waals surface area contributed by atoms with E-state index in [4.69, 9.17) is 4.74 Å². The maximum absolute atomic E-state index is 13.7. The van der Waals surface area contributed by atoms with Crippen molar-refractivity contribution in [3.63, 3.8) is 0 Å². The summed E-state index contributed by atoms with van der Waals surface area (Å²) in [6.07, 6.45) is -11.0. The number of pyridine rings is 1. The Morgan fingerprint density at radius 2 is 1.69 bits per heavy atom. The molecule has 1 amide bonds. The molecule has 0 fully saturated rings. The van der Waals surface area contributed by atoms with E-state index in [2.05, 4.69) is 4.98 Å². The number of hydrogen-bond acceptors (Lipinski definition) is 4. The van der Waals surface area contributed by atoms with Gasteiger partial charge in [0.05, 0.1) is 12.2 Å². The number of alkyl halides is 6. The van der Waals surface area contributed by atoms with Crippen LogP contribution in [0.15, 0.2) is 54.7 Å². The first kappa shape index (κ1) is 24.5. The number of hydrogen-bond donors (Lipinski definition) is 1. The van der Waals surface area contributed by atoms with Crippen LogP contribution in [-0.2, 0) is 6.54 Å². The third-order valence-electron chi connectivity index (χ3n) is 5.27. The maximum Gasteiger partial charge on any atom is 0.422 e. The zero-order chi connectivity index (χ0) is 25.5. The molecule has 3 aromatic rings. The van der Waals surface area contributed by atoms with E-state index in [1.165, 1.54) is 35.4 Å². The van der Waals surface area contributed by atoms with Crippen LogP contribution in [-0.4, -0.2) is 35.0 Å². The molecule has 0 spiro atoms. The lowest BCUT2D eigenvalue weighted by Crippen LogP contribution is -2.23. The molecule has 35 heavy (non-hydrogen) atoms. The average Bonchev–Trinajstić information content (AvgIpc) is 3.13. The Morgan fingerprint density at radius 3 is 2.31 bits per heavy atom. The molecule has 1 atom stereocenters. The summed E-state index contributed by atoms with van der Waals surface area (Å²) < 4.78 is 94.7. The number of nitrogens with zero attached hydrogens (tertiary/aromatic N) is 2. The van der Waals surface area contributed by atoms with E-state index in [0.29, 0.717) is 5.56 Å². The molecule has 0 aliphatic carbocycles. The zero-order valence-corrected chi connectivity index (χ0v) is 17.5. The van der Waals surface area contributed by atoms with Crippen LogP contribution in [0.3, 0.4) is 0 Å². The smallest absolute Gasteiger partial charge is 0.422 e. The van der Waals surface area contributed by atoms with E-state index in [1.807, 2.05) is 0 Å². The second-order valence-electron chi connectivity index (χ2n) is 7.66. The van der Waals surface area contributed by atoms with Gasteiger partial charge in [0.25, 0.3) is 5.91 Å². The number of aliphatic hydroxyl groups is 1. The quantitative estimate of drug-likeness (QED) is 0.465. The molecule has 1 aromatic heterocycles. The van der Waals surface area contributed by atoms with Crippen molar-refractivity contribution in [2.24, 2.45) is 0 Å². The number of carbonyl (C=O) groups excluding carboxylic acids is 1. The fourth-order valence-corrected chi connectivity index (χ4v) is 3.67. The number of anilines is 1. The van der Waals surface area contributed by atoms with Crippen LogP contribution in [0.4, 0.5) is 36.4 Å². The van der Waals surface area contributed by atoms with Crippen molar-refractivity contribution < 1.29 is 45.4 Å². The van der Waals surface area contributed by atoms with Gasteiger partial charge in [0.2, 0.25) is 0 Å². The van der Waals surface area contributed by atoms with Crippen molar-refractivity contribution in [1.82, 2.24) is 4.98 Å². The molecule has 4 rings (SSSR count). The summed E-state index contributed by atoms with van der Waals surface area (Å²) in [6, 6.07) is 8.90. The molecule has 184 valence electrons. The lowest BCUT2D eigenvalue weighted by Gasteiger charge is -2.19. The Bertz CT molecular complexity index is 1260. The lowest BCUT2D eigenvalue weighted by atomic mass is 10.0. The molecule has 0 saturated heterocycles. The van der Waals surface area contributed by atoms with E-state index in [-0.39, 0.29) is 29.1 Å². The normalized spacial score (nSPS) is 14.7. The van der Waals surface area contributed by atoms with Crippen molar-refractivity contribution in [3.8, 4) is 17.0 Å². The predicted molar refractivity (Wildman–Crippen MR) is 109 cm³/mol. The molecular weight excluding hydrogens is 485 g/mol. The van der Waals surface area contributed by atoms with E-state index < -0.39 is 48.1 Å². The van der Waals surface area contributed by atoms with E-state index >= 15 is 0 Å². The third kappa shape index (κ3) is 5.06. The van der Waals surface area contributed by atoms with Gasteiger partial charge in [-0.15, -0.1) is 0 Å². The molecule has 0 radical (unpaired) electrons. The van der Waals surface area contributed by atoms with Gasteiger partial charge in [0.1, 0.15) is 11.6 Å². The highest BCUT2D eigenvalue weighted by molar-refractivity contribution is 6.11. The first-order valence-corrected chi connectivity index (χ1v) is 9.99. The van der Waals surface area contributed by atoms with Gasteiger partial charge in [-0.05, 0) is 35.9 Å². The number of aliphatic hydroxyl groups excluding tert-OH is 1. The number of aromatic nitrogens is 1. The largest absolute Gasteiger partial charge is 0.483 e. The van der Waals surface area contributed by atoms with Crippen LogP contribution in [0.1, 0.15) is 27.6 Å². The summed E-state index contributed by atoms with van der Waals surface area (Å²) in [6.45, 7) is -1.77. The van der Waals surface area contributed by atoms with Crippen molar-refractivity contribution in [2.75, 3.05) is 11.5 Å². The van der Waals surface area contributed by atoms with Gasteiger partial charge in [-0.1, -0.05) is 12.1 Å². The molecule has 1 aliphatic heterocycles. The standard InChI is InChI=1S/C23H15F7N2O3/c24-13-3-6-16(18(9-13)35-11-22(25,26)27)19-17-10-32(21(34)15(17)7-8-31-19)14-4-1-12(2-5-14)20(33)23(28,29)30/h1-9,20,33H,10-11H2. The molecule has 0 bridgehead atoms. The van der Waals surface area contributed by atoms with Gasteiger partial charge in [-0.3, -0.25) is 9.78 Å². The molecule has 1 N–H and O–H groups in total. The SMILES string of the molecule is O=C1c2ccnc(-c3ccc(F)cc3OCC(F)(F)F)c2CN1c1ccc(C(O)C(F)(F)F)cc1. The fourth-order valence-electron chi connectivity index (χ4n) is 3.67. The van der Waals surface area contributed by atoms with Gasteiger partial charge in [0.15, 0.2) is 12.7 Å². The van der Waals surface area contributed by atoms with Crippen LogP contribution < -0.4 is 9.64 Å². The molecule has 1 aliphatic rings. The van der Waals surface area contributed by atoms with Gasteiger partial charge < -0.3 is 14.7 Å². The average molecular weight is 500 g/mol. The summed E-state index contributed by atoms with van der Waals surface area (Å²) in [5.41, 5.74) is 0.430. The molecular formula is C23H15F7N2O3. The minimum atomic E-state index is -4.86. The summed E-state index contributed by atoms with van der Waals surface area (Å²) in [5, 5.41) is 9.39. The van der Waals surface area contributed by atoms with Crippen molar-refractivity contribution in [3.05, 3.63) is 77.2 Å². The molecule has 0 saturated carbocycles. The third-order valence-corrected chi connectivity index (χ3v) is 5.27. The zero-order valence-electron chi connectivity index (χ0n) is 17.5. The molecule has 5 nitrogen and oxygen atoms in total. The van der Waals surface area contributed by atoms with Crippen LogP contribution in [0.25, 0.3) is 11.3 Å². The second-order valence-corrected chi connectivity index (χ2v) is 7.66. The summed E-state index contributed by atoms with van der Waals surface area (Å²) >= 11 is 0. The summed E-state index contributed by atoms with van der Waals surface area (Å²) in [4.78, 5) is 18.4. The highest BCUT2D eigenvalue weighted by Crippen LogP contribution is 2.39. The highest BCUT2D eigenvalue weighted by Gasteiger charge is 2.39. The Kier molecular flexibility index (Phi) is 6.18. The minimum absolute atomic E-state index is 0.0331. The number of carbonyl (C=O) groups is 1. The Balaban J connectivity index is 1.67. The summed E-state index contributed by atoms with van der Waals surface area (Å²) in [5.74, 6) is -1.77. The first-order valence-electron chi connectivity index (χ1n) is 9.99. The first-order chi connectivity index (χ1) is 16.3. The Hall–Kier alpha value is -3.67. The van der Waals surface area contributed by atoms with Gasteiger partial charge >= 0.3 is 12.4 Å². The maximum atomic E-state index is 13.7. The van der Waals surface area contributed by atoms with Crippen molar-refractivity contribution >= 4 is 11.6 Å². The number of halogens is 7. The van der Waals surface area contributed by atoms with Gasteiger partial charge in [0, 0.05) is 34.6 Å². The summed E-state index contributed by atoms with van der Waals surface area (Å²) in [7, 11) is 0. The van der Waals surface area contributed by atoms with Crippen LogP contribution in [0, 0.1) is 5.82 Å². The van der Waals surface area contributed by atoms with Crippen LogP contribution >= 0.6 is 0 Å². The van der Waals surface area contributed by atoms with Crippen LogP contribution in [0.2, 0.25) is 0 Å². The number of benzene rings is 2. The van der Waals surface area contributed by atoms with Crippen molar-refractivity contribution in [1.29, 1.82) is 0 Å². The minimum Gasteiger partial charge on any atom is -0.483 e. The molecule has 2 heterocycles. The highest BCUT2D eigenvalue weighted by atomic mass is 19.4. The number of ether oxygens (including phenoxy) is 1. The topological polar surface area (TPSA) is 62.7 Å². The lowest BCUT2D eigenvalue weighted by molar-refractivity contribution is -0.206. The van der Waals surface area contributed by atoms with E-state index in [0.717, 1.165) is 24.3 Å². The van der Waals surface area contributed by atoms with Crippen molar-refractivity contribution in [2.45, 2.75) is 25.0 Å². The Morgan fingerprint density at radius 1 is 1.00 bits per heavy atom. The molecule has 2 aromatic carbocycles. The second kappa shape index (κ2) is 8.84. The monoisotopic (exact) mass is 500 g/mol. The number of fused-ring (bicyclic) bond motifs is 1. The van der Waals surface area contributed by atoms with E-state index in [9.17, 15) is 40.6 Å². The Labute approximate surface area is 193 Å². The predicted octanol–water partition coefficient (Wildman–Crippen LogP) is 5.58. The fraction of sp³-hybridized carbons (Fsp3) is 0.217. The molecule has 1 unspecified atom stereocenters. The van der Waals surface area contributed by atoms with E-state index in [1.54, 1.807) is 0 Å². The van der Waals surface area contributed by atoms with Gasteiger partial charge in [-0.25, -0.2) is 4.39 Å². The number of rotatable bonds is 5. The van der Waals surface area contributed by atoms with Crippen LogP contribution in [0.5, 0.6) is 5.75 Å². The molecule has 12 heteroatoms.